The van der Waals surface area contributed by atoms with Gasteiger partial charge in [0.2, 0.25) is 0 Å². The van der Waals surface area contributed by atoms with Crippen LogP contribution in [0.5, 0.6) is 0 Å². The van der Waals surface area contributed by atoms with Gasteiger partial charge >= 0.3 is 12.3 Å². The minimum Gasteiger partial charge on any atom is -0.449 e. The van der Waals surface area contributed by atoms with Crippen molar-refractivity contribution < 1.29 is 44.2 Å². The zero-order valence-electron chi connectivity index (χ0n) is 9.07. The summed E-state index contributed by atoms with van der Waals surface area (Å²) in [5.41, 5.74) is 0. The number of ether oxygens (including phenoxy) is 3. The first-order valence-electron chi connectivity index (χ1n) is 4.55. The van der Waals surface area contributed by atoms with Crippen molar-refractivity contribution in [3.8, 4) is 0 Å². The molecule has 0 bridgehead atoms. The van der Waals surface area contributed by atoms with Crippen LogP contribution in [0.3, 0.4) is 0 Å². The van der Waals surface area contributed by atoms with Crippen LogP contribution in [0.25, 0.3) is 0 Å². The van der Waals surface area contributed by atoms with Gasteiger partial charge in [-0.2, -0.15) is 0 Å². The second-order valence-corrected chi connectivity index (χ2v) is 2.31. The molecular formula is C8H16O9. The average Bonchev–Trinajstić information content (AvgIpc) is 2.22. The molecule has 0 heterocycles. The molecule has 102 valence electrons. The molecule has 0 aliphatic heterocycles. The molecule has 0 rings (SSSR count). The first-order chi connectivity index (χ1) is 8.04. The molecule has 0 atom stereocenters. The normalized spacial score (nSPS) is 9.06. The number of aliphatic hydroxyl groups is 2. The summed E-state index contributed by atoms with van der Waals surface area (Å²) in [5, 5.41) is 31.5. The van der Waals surface area contributed by atoms with E-state index in [0.717, 1.165) is 0 Å². The third kappa shape index (κ3) is 25.1. The highest BCUT2D eigenvalue weighted by Gasteiger charge is 2.01. The van der Waals surface area contributed by atoms with Crippen molar-refractivity contribution in [1.29, 1.82) is 0 Å². The molecule has 0 aromatic rings. The topological polar surface area (TPSA) is 143 Å². The van der Waals surface area contributed by atoms with Crippen molar-refractivity contribution in [2.45, 2.75) is 0 Å². The Hall–Kier alpha value is -1.42. The van der Waals surface area contributed by atoms with Crippen molar-refractivity contribution in [1.82, 2.24) is 0 Å². The molecule has 0 fully saturated rings. The number of carbonyl (C=O) groups is 2. The highest BCUT2D eigenvalue weighted by molar-refractivity contribution is 5.74. The maximum absolute atomic E-state index is 9.21. The number of aliphatic hydroxyl groups excluding tert-OH is 2. The third-order valence-corrected chi connectivity index (χ3v) is 1.02. The van der Waals surface area contributed by atoms with E-state index in [2.05, 4.69) is 4.74 Å². The largest absolute Gasteiger partial charge is 0.516 e. The van der Waals surface area contributed by atoms with Crippen LogP contribution < -0.4 is 0 Å². The second kappa shape index (κ2) is 14.6. The fourth-order valence-corrected chi connectivity index (χ4v) is 0.526. The summed E-state index contributed by atoms with van der Waals surface area (Å²) in [6.45, 7) is 1.73. The molecule has 17 heavy (non-hydrogen) atoms. The number of hydrogen-bond donors (Lipinski definition) is 4. The Labute approximate surface area is 97.1 Å². The summed E-state index contributed by atoms with van der Waals surface area (Å²) < 4.78 is 12.8. The Kier molecular flexibility index (Phi) is 15.4. The van der Waals surface area contributed by atoms with E-state index in [4.69, 9.17) is 29.9 Å². The zero-order chi connectivity index (χ0) is 13.5. The first kappa shape index (κ1) is 18.0. The molecule has 0 spiro atoms. The van der Waals surface area contributed by atoms with Gasteiger partial charge in [0.1, 0.15) is 0 Å². The van der Waals surface area contributed by atoms with Gasteiger partial charge in [-0.05, 0) is 0 Å². The Bertz CT molecular complexity index is 173. The summed E-state index contributed by atoms with van der Waals surface area (Å²) in [5.74, 6) is 0. The molecule has 0 unspecified atom stereocenters. The predicted molar refractivity (Wildman–Crippen MR) is 52.9 cm³/mol. The lowest BCUT2D eigenvalue weighted by molar-refractivity contribution is 0.0222. The Morgan fingerprint density at radius 3 is 1.29 bits per heavy atom. The van der Waals surface area contributed by atoms with Crippen LogP contribution >= 0.6 is 0 Å². The molecule has 0 saturated heterocycles. The zero-order valence-corrected chi connectivity index (χ0v) is 9.07. The Balaban J connectivity index is 0. The molecule has 0 amide bonds. The Morgan fingerprint density at radius 2 is 1.12 bits per heavy atom. The number of rotatable bonds is 7. The molecule has 0 radical (unpaired) electrons. The number of hydrogen-bond acceptors (Lipinski definition) is 7. The smallest absolute Gasteiger partial charge is 0.449 e. The summed E-state index contributed by atoms with van der Waals surface area (Å²) in [4.78, 5) is 18.4. The SMILES string of the molecule is O=C(O)OC(=O)O.OCCOCCOCCO. The predicted octanol–water partition coefficient (Wildman–Crippen LogP) is -0.637. The lowest BCUT2D eigenvalue weighted by atomic mass is 10.7. The maximum atomic E-state index is 9.21. The quantitative estimate of drug-likeness (QED) is 0.265. The van der Waals surface area contributed by atoms with Gasteiger partial charge in [-0.25, -0.2) is 9.59 Å². The molecule has 0 saturated carbocycles. The van der Waals surface area contributed by atoms with Crippen molar-refractivity contribution in [3.63, 3.8) is 0 Å². The maximum Gasteiger partial charge on any atom is 0.516 e. The van der Waals surface area contributed by atoms with Crippen LogP contribution in [0.2, 0.25) is 0 Å². The van der Waals surface area contributed by atoms with Gasteiger partial charge in [0, 0.05) is 0 Å². The van der Waals surface area contributed by atoms with Crippen molar-refractivity contribution in [3.05, 3.63) is 0 Å². The van der Waals surface area contributed by atoms with Gasteiger partial charge in [0.05, 0.1) is 39.6 Å². The average molecular weight is 256 g/mol. The van der Waals surface area contributed by atoms with Crippen LogP contribution in [-0.2, 0) is 14.2 Å². The number of carboxylic acid groups (broad SMARTS) is 2. The highest BCUT2D eigenvalue weighted by Crippen LogP contribution is 1.76. The minimum atomic E-state index is -1.81. The molecule has 9 nitrogen and oxygen atoms in total. The molecule has 9 heteroatoms. The van der Waals surface area contributed by atoms with E-state index in [1.54, 1.807) is 0 Å². The van der Waals surface area contributed by atoms with Gasteiger partial charge in [0.15, 0.2) is 0 Å². The van der Waals surface area contributed by atoms with E-state index in [9.17, 15) is 9.59 Å². The van der Waals surface area contributed by atoms with E-state index in [1.165, 1.54) is 0 Å². The summed E-state index contributed by atoms with van der Waals surface area (Å²) in [7, 11) is 0. The monoisotopic (exact) mass is 256 g/mol. The van der Waals surface area contributed by atoms with Gasteiger partial charge in [0.25, 0.3) is 0 Å². The van der Waals surface area contributed by atoms with Gasteiger partial charge in [-0.15, -0.1) is 0 Å². The molecule has 0 aliphatic rings. The van der Waals surface area contributed by atoms with Crippen molar-refractivity contribution in [2.24, 2.45) is 0 Å². The Morgan fingerprint density at radius 1 is 0.765 bits per heavy atom. The van der Waals surface area contributed by atoms with E-state index < -0.39 is 12.3 Å². The van der Waals surface area contributed by atoms with E-state index in [0.29, 0.717) is 26.4 Å². The highest BCUT2D eigenvalue weighted by atomic mass is 16.7. The molecule has 0 aromatic carbocycles. The first-order valence-corrected chi connectivity index (χ1v) is 4.55. The fraction of sp³-hybridized carbons (Fsp3) is 0.750. The standard InChI is InChI=1S/C6H14O4.C2H2O5/c7-1-3-9-5-6-10-4-2-8;3-1(4)7-2(5)6/h7-8H,1-6H2;(H,3,4)(H,5,6). The van der Waals surface area contributed by atoms with Crippen molar-refractivity contribution in [2.75, 3.05) is 39.6 Å². The van der Waals surface area contributed by atoms with Gasteiger partial charge < -0.3 is 34.6 Å². The lowest BCUT2D eigenvalue weighted by Gasteiger charge is -2.01. The van der Waals surface area contributed by atoms with Crippen LogP contribution in [0.4, 0.5) is 9.59 Å². The molecule has 0 aliphatic carbocycles. The van der Waals surface area contributed by atoms with E-state index in [-0.39, 0.29) is 13.2 Å². The molecular weight excluding hydrogens is 240 g/mol. The van der Waals surface area contributed by atoms with Gasteiger partial charge in [-0.3, -0.25) is 0 Å². The van der Waals surface area contributed by atoms with Crippen LogP contribution in [0, 0.1) is 0 Å². The second-order valence-electron chi connectivity index (χ2n) is 2.31. The van der Waals surface area contributed by atoms with Crippen LogP contribution in [0.15, 0.2) is 0 Å². The van der Waals surface area contributed by atoms with Crippen molar-refractivity contribution >= 4 is 12.3 Å². The summed E-state index contributed by atoms with van der Waals surface area (Å²) in [6, 6.07) is 0. The third-order valence-electron chi connectivity index (χ3n) is 1.02. The van der Waals surface area contributed by atoms with Gasteiger partial charge in [-0.1, -0.05) is 0 Å². The van der Waals surface area contributed by atoms with Crippen LogP contribution in [0.1, 0.15) is 0 Å². The molecule has 4 N–H and O–H groups in total. The van der Waals surface area contributed by atoms with E-state index >= 15 is 0 Å². The van der Waals surface area contributed by atoms with E-state index in [1.807, 2.05) is 0 Å². The lowest BCUT2D eigenvalue weighted by Crippen LogP contribution is -2.09. The fourth-order valence-electron chi connectivity index (χ4n) is 0.526. The summed E-state index contributed by atoms with van der Waals surface area (Å²) in [6.07, 6.45) is -3.62. The molecule has 0 aromatic heterocycles. The van der Waals surface area contributed by atoms with Crippen LogP contribution in [-0.4, -0.2) is 72.4 Å². The summed E-state index contributed by atoms with van der Waals surface area (Å²) >= 11 is 0. The minimum absolute atomic E-state index is 0.0417.